The molecule has 0 radical (unpaired) electrons. The van der Waals surface area contributed by atoms with Crippen molar-refractivity contribution in [2.75, 3.05) is 5.32 Å². The van der Waals surface area contributed by atoms with Gasteiger partial charge in [-0.15, -0.1) is 0 Å². The van der Waals surface area contributed by atoms with Crippen molar-refractivity contribution in [2.45, 2.75) is 57.9 Å². The van der Waals surface area contributed by atoms with Crippen LogP contribution in [0.3, 0.4) is 0 Å². The molecule has 112 valence electrons. The maximum atomic E-state index is 5.83. The first-order valence-corrected chi connectivity index (χ1v) is 8.34. The number of fused-ring (bicyclic) bond motifs is 1. The SMILES string of the molecule is CC1CC(C)CC(Nc2ccc3oc(C4CC4)nc3c2)C1. The molecule has 1 aromatic heterocycles. The summed E-state index contributed by atoms with van der Waals surface area (Å²) in [6.45, 7) is 4.74. The van der Waals surface area contributed by atoms with Gasteiger partial charge in [-0.05, 0) is 62.1 Å². The summed E-state index contributed by atoms with van der Waals surface area (Å²) in [5, 5.41) is 3.71. The van der Waals surface area contributed by atoms with Crippen LogP contribution in [0.25, 0.3) is 11.1 Å². The molecule has 1 heterocycles. The van der Waals surface area contributed by atoms with Crippen molar-refractivity contribution < 1.29 is 4.42 Å². The first kappa shape index (κ1) is 13.2. The van der Waals surface area contributed by atoms with Gasteiger partial charge in [0.2, 0.25) is 0 Å². The van der Waals surface area contributed by atoms with Crippen molar-refractivity contribution in [1.82, 2.24) is 4.98 Å². The predicted octanol–water partition coefficient (Wildman–Crippen LogP) is 4.94. The standard InChI is InChI=1S/C18H24N2O/c1-11-7-12(2)9-15(8-11)19-14-5-6-17-16(10-14)20-18(21-17)13-3-4-13/h5-6,10-13,15,19H,3-4,7-9H2,1-2H3. The highest BCUT2D eigenvalue weighted by Gasteiger charge is 2.29. The molecule has 1 N–H and O–H groups in total. The molecule has 0 saturated heterocycles. The van der Waals surface area contributed by atoms with Gasteiger partial charge in [0.25, 0.3) is 0 Å². The summed E-state index contributed by atoms with van der Waals surface area (Å²) < 4.78 is 5.83. The monoisotopic (exact) mass is 284 g/mol. The Kier molecular flexibility index (Phi) is 3.16. The van der Waals surface area contributed by atoms with Crippen LogP contribution in [0.15, 0.2) is 22.6 Å². The molecular weight excluding hydrogens is 260 g/mol. The van der Waals surface area contributed by atoms with Gasteiger partial charge in [-0.2, -0.15) is 0 Å². The van der Waals surface area contributed by atoms with Crippen molar-refractivity contribution in [3.05, 3.63) is 24.1 Å². The molecule has 0 amide bonds. The molecule has 3 nitrogen and oxygen atoms in total. The number of anilines is 1. The van der Waals surface area contributed by atoms with E-state index < -0.39 is 0 Å². The third-order valence-corrected chi connectivity index (χ3v) is 4.88. The molecule has 2 atom stereocenters. The minimum absolute atomic E-state index is 0.578. The highest BCUT2D eigenvalue weighted by atomic mass is 16.3. The summed E-state index contributed by atoms with van der Waals surface area (Å²) in [6.07, 6.45) is 6.37. The van der Waals surface area contributed by atoms with Crippen molar-refractivity contribution in [1.29, 1.82) is 0 Å². The zero-order valence-electron chi connectivity index (χ0n) is 12.9. The van der Waals surface area contributed by atoms with E-state index >= 15 is 0 Å². The smallest absolute Gasteiger partial charge is 0.198 e. The highest BCUT2D eigenvalue weighted by molar-refractivity contribution is 5.77. The normalized spacial score (nSPS) is 29.7. The average Bonchev–Trinajstić information content (AvgIpc) is 3.18. The van der Waals surface area contributed by atoms with Crippen LogP contribution in [0.4, 0.5) is 5.69 Å². The van der Waals surface area contributed by atoms with E-state index in [2.05, 4.69) is 42.3 Å². The van der Waals surface area contributed by atoms with Crippen molar-refractivity contribution in [3.8, 4) is 0 Å². The van der Waals surface area contributed by atoms with Crippen molar-refractivity contribution in [2.24, 2.45) is 11.8 Å². The van der Waals surface area contributed by atoms with E-state index in [0.29, 0.717) is 12.0 Å². The number of hydrogen-bond donors (Lipinski definition) is 1. The van der Waals surface area contributed by atoms with Crippen molar-refractivity contribution >= 4 is 16.8 Å². The molecule has 2 fully saturated rings. The first-order valence-electron chi connectivity index (χ1n) is 8.34. The van der Waals surface area contributed by atoms with Crippen LogP contribution in [-0.4, -0.2) is 11.0 Å². The van der Waals surface area contributed by atoms with Gasteiger partial charge in [-0.25, -0.2) is 4.98 Å². The molecular formula is C18H24N2O. The van der Waals surface area contributed by atoms with Crippen LogP contribution in [0.5, 0.6) is 0 Å². The third-order valence-electron chi connectivity index (χ3n) is 4.88. The lowest BCUT2D eigenvalue weighted by Crippen LogP contribution is -2.30. The number of rotatable bonds is 3. The third kappa shape index (κ3) is 2.78. The topological polar surface area (TPSA) is 38.1 Å². The van der Waals surface area contributed by atoms with Crippen LogP contribution in [0.2, 0.25) is 0 Å². The fourth-order valence-corrected chi connectivity index (χ4v) is 3.84. The Balaban J connectivity index is 1.53. The summed E-state index contributed by atoms with van der Waals surface area (Å²) in [6, 6.07) is 6.94. The summed E-state index contributed by atoms with van der Waals surface area (Å²) in [5.74, 6) is 3.16. The predicted molar refractivity (Wildman–Crippen MR) is 85.6 cm³/mol. The largest absolute Gasteiger partial charge is 0.440 e. The summed E-state index contributed by atoms with van der Waals surface area (Å²) in [5.41, 5.74) is 3.11. The van der Waals surface area contributed by atoms with Gasteiger partial charge in [0.1, 0.15) is 5.52 Å². The van der Waals surface area contributed by atoms with E-state index in [9.17, 15) is 0 Å². The van der Waals surface area contributed by atoms with Gasteiger partial charge in [0.05, 0.1) is 0 Å². The molecule has 0 aliphatic heterocycles. The molecule has 2 aliphatic rings. The Morgan fingerprint density at radius 1 is 1.10 bits per heavy atom. The van der Waals surface area contributed by atoms with E-state index in [4.69, 9.17) is 4.42 Å². The fraction of sp³-hybridized carbons (Fsp3) is 0.611. The molecule has 0 bridgehead atoms. The zero-order valence-corrected chi connectivity index (χ0v) is 12.9. The van der Waals surface area contributed by atoms with Gasteiger partial charge >= 0.3 is 0 Å². The number of aromatic nitrogens is 1. The fourth-order valence-electron chi connectivity index (χ4n) is 3.84. The number of hydrogen-bond acceptors (Lipinski definition) is 3. The maximum Gasteiger partial charge on any atom is 0.198 e. The number of nitrogens with one attached hydrogen (secondary N) is 1. The second kappa shape index (κ2) is 5.04. The van der Waals surface area contributed by atoms with Crippen LogP contribution in [0.1, 0.15) is 57.8 Å². The molecule has 2 aliphatic carbocycles. The second-order valence-corrected chi connectivity index (χ2v) is 7.27. The van der Waals surface area contributed by atoms with Gasteiger partial charge in [-0.1, -0.05) is 13.8 Å². The lowest BCUT2D eigenvalue weighted by Gasteiger charge is -2.32. The Morgan fingerprint density at radius 3 is 2.57 bits per heavy atom. The Morgan fingerprint density at radius 2 is 1.86 bits per heavy atom. The average molecular weight is 284 g/mol. The summed E-state index contributed by atoms with van der Waals surface area (Å²) in [4.78, 5) is 4.65. The van der Waals surface area contributed by atoms with Gasteiger partial charge in [-0.3, -0.25) is 0 Å². The minimum atomic E-state index is 0.578. The number of nitrogens with zero attached hydrogens (tertiary/aromatic N) is 1. The van der Waals surface area contributed by atoms with E-state index in [1.807, 2.05) is 0 Å². The molecule has 2 unspecified atom stereocenters. The maximum absolute atomic E-state index is 5.83. The highest BCUT2D eigenvalue weighted by Crippen LogP contribution is 2.40. The molecule has 3 heteroatoms. The van der Waals surface area contributed by atoms with E-state index in [-0.39, 0.29) is 0 Å². The zero-order chi connectivity index (χ0) is 14.4. The van der Waals surface area contributed by atoms with Gasteiger partial charge in [0.15, 0.2) is 11.5 Å². The second-order valence-electron chi connectivity index (χ2n) is 7.27. The summed E-state index contributed by atoms with van der Waals surface area (Å²) >= 11 is 0. The van der Waals surface area contributed by atoms with Gasteiger partial charge < -0.3 is 9.73 Å². The molecule has 1 aromatic carbocycles. The van der Waals surface area contributed by atoms with E-state index in [0.717, 1.165) is 28.8 Å². The Hall–Kier alpha value is -1.51. The molecule has 2 saturated carbocycles. The lowest BCUT2D eigenvalue weighted by molar-refractivity contribution is 0.281. The lowest BCUT2D eigenvalue weighted by atomic mass is 9.80. The number of oxazole rings is 1. The summed E-state index contributed by atoms with van der Waals surface area (Å²) in [7, 11) is 0. The van der Waals surface area contributed by atoms with Crippen LogP contribution >= 0.6 is 0 Å². The van der Waals surface area contributed by atoms with Crippen LogP contribution in [0, 0.1) is 11.8 Å². The van der Waals surface area contributed by atoms with Gasteiger partial charge in [0, 0.05) is 17.6 Å². The minimum Gasteiger partial charge on any atom is -0.440 e. The number of benzene rings is 1. The Bertz CT molecular complexity index is 634. The van der Waals surface area contributed by atoms with Crippen LogP contribution in [-0.2, 0) is 0 Å². The molecule has 4 rings (SSSR count). The quantitative estimate of drug-likeness (QED) is 0.867. The molecule has 0 spiro atoms. The van der Waals surface area contributed by atoms with E-state index in [1.54, 1.807) is 0 Å². The molecule has 21 heavy (non-hydrogen) atoms. The van der Waals surface area contributed by atoms with E-state index in [1.165, 1.54) is 37.8 Å². The molecule has 2 aromatic rings. The van der Waals surface area contributed by atoms with Crippen LogP contribution < -0.4 is 5.32 Å². The van der Waals surface area contributed by atoms with Crippen molar-refractivity contribution in [3.63, 3.8) is 0 Å². The Labute approximate surface area is 126 Å². The first-order chi connectivity index (χ1) is 10.2.